The van der Waals surface area contributed by atoms with Crippen molar-refractivity contribution in [2.75, 3.05) is 11.4 Å². The summed E-state index contributed by atoms with van der Waals surface area (Å²) in [4.78, 5) is 39.2. The van der Waals surface area contributed by atoms with Crippen LogP contribution in [0.2, 0.25) is 0 Å². The molecule has 1 aliphatic rings. The van der Waals surface area contributed by atoms with E-state index >= 15 is 0 Å². The van der Waals surface area contributed by atoms with Gasteiger partial charge in [-0.15, -0.1) is 0 Å². The summed E-state index contributed by atoms with van der Waals surface area (Å²) in [5.41, 5.74) is 3.64. The summed E-state index contributed by atoms with van der Waals surface area (Å²) in [6.45, 7) is 2.43. The first-order chi connectivity index (χ1) is 14.0. The summed E-state index contributed by atoms with van der Waals surface area (Å²) in [5.74, 6) is -1.05. The molecule has 3 aromatic rings. The fraction of sp³-hybridized carbons (Fsp3) is 0.125. The molecule has 4 rings (SSSR count). The zero-order valence-corrected chi connectivity index (χ0v) is 16.0. The molecule has 0 fully saturated rings. The molecule has 0 bridgehead atoms. The van der Waals surface area contributed by atoms with Crippen molar-refractivity contribution in [1.82, 2.24) is 5.32 Å². The Morgan fingerprint density at radius 2 is 1.55 bits per heavy atom. The number of imide groups is 1. The molecule has 0 atom stereocenters. The molecule has 1 aliphatic heterocycles. The number of hydrogen-bond donors (Lipinski definition) is 1. The van der Waals surface area contributed by atoms with E-state index in [4.69, 9.17) is 0 Å². The lowest BCUT2D eigenvalue weighted by molar-refractivity contribution is 0.0923. The highest BCUT2D eigenvalue weighted by Gasteiger charge is 2.37. The summed E-state index contributed by atoms with van der Waals surface area (Å²) in [7, 11) is 0. The number of carbonyl (C=O) groups is 3. The highest BCUT2D eigenvalue weighted by molar-refractivity contribution is 6.34. The number of amides is 3. The Hall–Kier alpha value is -3.73. The van der Waals surface area contributed by atoms with Crippen LogP contribution in [0.1, 0.15) is 42.2 Å². The lowest BCUT2D eigenvalue weighted by Crippen LogP contribution is -2.29. The van der Waals surface area contributed by atoms with Gasteiger partial charge in [-0.2, -0.15) is 0 Å². The normalized spacial score (nSPS) is 12.8. The van der Waals surface area contributed by atoms with Crippen molar-refractivity contribution in [1.29, 1.82) is 0 Å². The van der Waals surface area contributed by atoms with Crippen molar-refractivity contribution in [3.63, 3.8) is 0 Å². The van der Waals surface area contributed by atoms with Crippen LogP contribution in [-0.4, -0.2) is 24.3 Å². The van der Waals surface area contributed by atoms with E-state index in [1.54, 1.807) is 24.3 Å². The van der Waals surface area contributed by atoms with Crippen LogP contribution in [0.3, 0.4) is 0 Å². The highest BCUT2D eigenvalue weighted by atomic mass is 16.2. The minimum atomic E-state index is -0.409. The van der Waals surface area contributed by atoms with Crippen LogP contribution in [0.4, 0.5) is 5.69 Å². The molecular formula is C24H20N2O3. The smallest absolute Gasteiger partial charge is 0.266 e. The predicted molar refractivity (Wildman–Crippen MR) is 111 cm³/mol. The number of aryl methyl sites for hydroxylation is 1. The van der Waals surface area contributed by atoms with E-state index in [1.165, 1.54) is 6.07 Å². The van der Waals surface area contributed by atoms with E-state index in [2.05, 4.69) is 5.32 Å². The molecule has 1 heterocycles. The zero-order valence-electron chi connectivity index (χ0n) is 16.0. The van der Waals surface area contributed by atoms with Crippen LogP contribution in [0, 0.1) is 6.92 Å². The molecular weight excluding hydrogens is 364 g/mol. The molecule has 0 saturated carbocycles. The van der Waals surface area contributed by atoms with Gasteiger partial charge in [0.05, 0.1) is 16.8 Å². The van der Waals surface area contributed by atoms with E-state index in [-0.39, 0.29) is 17.4 Å². The van der Waals surface area contributed by atoms with Crippen molar-refractivity contribution in [3.8, 4) is 0 Å². The first-order valence-electron chi connectivity index (χ1n) is 9.46. The molecule has 0 radical (unpaired) electrons. The maximum absolute atomic E-state index is 12.8. The summed E-state index contributed by atoms with van der Waals surface area (Å²) >= 11 is 0. The van der Waals surface area contributed by atoms with Gasteiger partial charge < -0.3 is 5.32 Å². The average molecular weight is 384 g/mol. The van der Waals surface area contributed by atoms with Gasteiger partial charge in [-0.1, -0.05) is 48.0 Å². The van der Waals surface area contributed by atoms with E-state index in [9.17, 15) is 14.4 Å². The molecule has 0 aliphatic carbocycles. The Bertz CT molecular complexity index is 1090. The molecule has 1 N–H and O–H groups in total. The van der Waals surface area contributed by atoms with E-state index in [0.29, 0.717) is 23.4 Å². The van der Waals surface area contributed by atoms with Crippen LogP contribution in [0.25, 0.3) is 0 Å². The van der Waals surface area contributed by atoms with E-state index in [0.717, 1.165) is 22.4 Å². The largest absolute Gasteiger partial charge is 0.352 e. The zero-order chi connectivity index (χ0) is 20.4. The molecule has 0 saturated heterocycles. The number of fused-ring (bicyclic) bond motifs is 1. The number of carbonyl (C=O) groups excluding carboxylic acids is 3. The Morgan fingerprint density at radius 3 is 2.28 bits per heavy atom. The Morgan fingerprint density at radius 1 is 0.862 bits per heavy atom. The first-order valence-corrected chi connectivity index (χ1v) is 9.46. The van der Waals surface area contributed by atoms with Gasteiger partial charge in [0.25, 0.3) is 17.7 Å². The third-order valence-corrected chi connectivity index (χ3v) is 4.98. The van der Waals surface area contributed by atoms with Gasteiger partial charge in [0.1, 0.15) is 0 Å². The van der Waals surface area contributed by atoms with Crippen LogP contribution in [0.5, 0.6) is 0 Å². The lowest BCUT2D eigenvalue weighted by Gasteiger charge is -2.13. The van der Waals surface area contributed by atoms with Crippen molar-refractivity contribution in [2.24, 2.45) is 0 Å². The summed E-state index contributed by atoms with van der Waals surface area (Å²) in [6.07, 6.45) is 0.718. The topological polar surface area (TPSA) is 66.5 Å². The molecule has 5 nitrogen and oxygen atoms in total. The van der Waals surface area contributed by atoms with Crippen LogP contribution >= 0.6 is 0 Å². The van der Waals surface area contributed by atoms with Gasteiger partial charge in [-0.25, -0.2) is 4.90 Å². The van der Waals surface area contributed by atoms with Gasteiger partial charge in [0.15, 0.2) is 0 Å². The lowest BCUT2D eigenvalue weighted by atomic mass is 10.1. The molecule has 3 aromatic carbocycles. The van der Waals surface area contributed by atoms with E-state index in [1.807, 2.05) is 49.4 Å². The molecule has 0 aromatic heterocycles. The van der Waals surface area contributed by atoms with Crippen molar-refractivity contribution in [2.45, 2.75) is 13.3 Å². The second kappa shape index (κ2) is 7.72. The van der Waals surface area contributed by atoms with Crippen LogP contribution in [-0.2, 0) is 6.42 Å². The number of anilines is 1. The maximum Gasteiger partial charge on any atom is 0.266 e. The summed E-state index contributed by atoms with van der Waals surface area (Å²) in [6, 6.07) is 21.7. The number of nitrogens with zero attached hydrogens (tertiary/aromatic N) is 1. The molecule has 3 amide bonds. The SMILES string of the molecule is Cc1ccc(N2C(=O)c3ccc(C(=O)NCCc4ccccc4)cc3C2=O)cc1. The second-order valence-corrected chi connectivity index (χ2v) is 7.03. The monoisotopic (exact) mass is 384 g/mol. The molecule has 29 heavy (non-hydrogen) atoms. The highest BCUT2D eigenvalue weighted by Crippen LogP contribution is 2.29. The van der Waals surface area contributed by atoms with E-state index < -0.39 is 5.91 Å². The fourth-order valence-electron chi connectivity index (χ4n) is 3.38. The minimum absolute atomic E-state index is 0.256. The van der Waals surface area contributed by atoms with Gasteiger partial charge in [0, 0.05) is 12.1 Å². The first kappa shape index (κ1) is 18.6. The van der Waals surface area contributed by atoms with Crippen molar-refractivity contribution < 1.29 is 14.4 Å². The summed E-state index contributed by atoms with van der Waals surface area (Å²) < 4.78 is 0. The van der Waals surface area contributed by atoms with Crippen LogP contribution in [0.15, 0.2) is 72.8 Å². The Kier molecular flexibility index (Phi) is 4.96. The third-order valence-electron chi connectivity index (χ3n) is 4.98. The minimum Gasteiger partial charge on any atom is -0.352 e. The maximum atomic E-state index is 12.8. The van der Waals surface area contributed by atoms with Gasteiger partial charge in [-0.05, 0) is 49.2 Å². The summed E-state index contributed by atoms with van der Waals surface area (Å²) in [5, 5.41) is 2.87. The standard InChI is InChI=1S/C24H20N2O3/c1-16-7-10-19(11-8-16)26-23(28)20-12-9-18(15-21(20)24(26)29)22(27)25-14-13-17-5-3-2-4-6-17/h2-12,15H,13-14H2,1H3,(H,25,27). The number of rotatable bonds is 5. The molecule has 5 heteroatoms. The third kappa shape index (κ3) is 3.67. The van der Waals surface area contributed by atoms with Crippen LogP contribution < -0.4 is 10.2 Å². The second-order valence-electron chi connectivity index (χ2n) is 7.03. The van der Waals surface area contributed by atoms with Gasteiger partial charge in [-0.3, -0.25) is 14.4 Å². The van der Waals surface area contributed by atoms with Gasteiger partial charge >= 0.3 is 0 Å². The molecule has 144 valence electrons. The molecule has 0 spiro atoms. The quantitative estimate of drug-likeness (QED) is 0.681. The van der Waals surface area contributed by atoms with Gasteiger partial charge in [0.2, 0.25) is 0 Å². The van der Waals surface area contributed by atoms with Crippen molar-refractivity contribution >= 4 is 23.4 Å². The number of nitrogens with one attached hydrogen (secondary N) is 1. The average Bonchev–Trinajstić information content (AvgIpc) is 2.99. The Labute approximate surface area is 169 Å². The van der Waals surface area contributed by atoms with Crippen molar-refractivity contribution in [3.05, 3.63) is 101 Å². The number of hydrogen-bond acceptors (Lipinski definition) is 3. The fourth-order valence-corrected chi connectivity index (χ4v) is 3.38. The Balaban J connectivity index is 1.49. The molecule has 0 unspecified atom stereocenters. The predicted octanol–water partition coefficient (Wildman–Crippen LogP) is 3.77. The number of benzene rings is 3.